The van der Waals surface area contributed by atoms with Gasteiger partial charge in [-0.15, -0.1) is 0 Å². The quantitative estimate of drug-likeness (QED) is 0.430. The van der Waals surface area contributed by atoms with Gasteiger partial charge < -0.3 is 19.6 Å². The molecule has 4 aromatic rings. The Labute approximate surface area is 208 Å². The highest BCUT2D eigenvalue weighted by atomic mass is 19.1. The van der Waals surface area contributed by atoms with Crippen LogP contribution < -0.4 is 5.32 Å². The van der Waals surface area contributed by atoms with E-state index in [9.17, 15) is 9.18 Å². The zero-order valence-electron chi connectivity index (χ0n) is 19.9. The van der Waals surface area contributed by atoms with Crippen molar-refractivity contribution in [1.82, 2.24) is 24.8 Å². The van der Waals surface area contributed by atoms with Crippen LogP contribution in [0.25, 0.3) is 10.9 Å². The van der Waals surface area contributed by atoms with Crippen LogP contribution in [0.3, 0.4) is 0 Å². The van der Waals surface area contributed by atoms with E-state index < -0.39 is 12.2 Å². The molecule has 2 N–H and O–H groups in total. The van der Waals surface area contributed by atoms with Crippen LogP contribution in [0.1, 0.15) is 57.8 Å². The summed E-state index contributed by atoms with van der Waals surface area (Å²) >= 11 is 0. The third kappa shape index (κ3) is 4.38. The number of benzene rings is 1. The molecule has 7 nitrogen and oxygen atoms in total. The minimum atomic E-state index is -0.954. The summed E-state index contributed by atoms with van der Waals surface area (Å²) in [5.41, 5.74) is 4.23. The number of carbonyl (C=O) groups is 1. The van der Waals surface area contributed by atoms with E-state index in [1.807, 2.05) is 47.9 Å². The molecule has 2 aliphatic rings. The topological polar surface area (TPSA) is 84.8 Å². The molecular weight excluding hydrogens is 457 g/mol. The van der Waals surface area contributed by atoms with Gasteiger partial charge in [-0.25, -0.2) is 14.4 Å². The summed E-state index contributed by atoms with van der Waals surface area (Å²) < 4.78 is 21.6. The van der Waals surface area contributed by atoms with Crippen molar-refractivity contribution in [2.24, 2.45) is 0 Å². The molecule has 1 aromatic carbocycles. The smallest absolute Gasteiger partial charge is 0.270 e. The molecule has 0 aliphatic carbocycles. The molecule has 5 heterocycles. The van der Waals surface area contributed by atoms with E-state index in [-0.39, 0.29) is 24.2 Å². The Balaban J connectivity index is 1.34. The number of ether oxygens (including phenoxy) is 1. The SMILES string of the molecule is Cc1cc(C#C[C@H]2CCCO2)cc(C(=O)NC(c2cc3ccccc3[nH]2)c2ncc3n2C[C@@H](F)C3)n1. The van der Waals surface area contributed by atoms with Gasteiger partial charge in [-0.1, -0.05) is 30.0 Å². The van der Waals surface area contributed by atoms with Crippen LogP contribution in [0.4, 0.5) is 4.39 Å². The number of pyridine rings is 1. The fourth-order valence-electron chi connectivity index (χ4n) is 4.97. The largest absolute Gasteiger partial charge is 0.366 e. The number of hydrogen-bond donors (Lipinski definition) is 2. The molecule has 182 valence electrons. The van der Waals surface area contributed by atoms with Crippen LogP contribution in [-0.2, 0) is 17.7 Å². The summed E-state index contributed by atoms with van der Waals surface area (Å²) in [6.45, 7) is 2.80. The summed E-state index contributed by atoms with van der Waals surface area (Å²) in [7, 11) is 0. The summed E-state index contributed by atoms with van der Waals surface area (Å²) in [5.74, 6) is 6.52. The highest BCUT2D eigenvalue weighted by molar-refractivity contribution is 5.93. The monoisotopic (exact) mass is 483 g/mol. The van der Waals surface area contributed by atoms with E-state index in [0.717, 1.165) is 41.7 Å². The molecule has 0 bridgehead atoms. The minimum Gasteiger partial charge on any atom is -0.366 e. The number of aryl methyl sites for hydroxylation is 1. The van der Waals surface area contributed by atoms with Gasteiger partial charge in [0.15, 0.2) is 0 Å². The standard InChI is InChI=1S/C28H26FN5O2/c1-17-11-18(8-9-22-6-4-10-36-22)12-25(31-17)28(35)33-26(24-13-19-5-2-3-7-23(19)32-24)27-30-15-21-14-20(29)16-34(21)27/h2-3,5,7,11-13,15,20,22,26,32H,4,6,10,14,16H2,1H3,(H,33,35)/t20-,22+,26?/m0/s1. The summed E-state index contributed by atoms with van der Waals surface area (Å²) in [6, 6.07) is 12.8. The third-order valence-corrected chi connectivity index (χ3v) is 6.67. The molecular formula is C28H26FN5O2. The average Bonchev–Trinajstić information content (AvgIpc) is 3.65. The van der Waals surface area contributed by atoms with Crippen LogP contribution >= 0.6 is 0 Å². The van der Waals surface area contributed by atoms with Gasteiger partial charge in [0, 0.05) is 47.4 Å². The van der Waals surface area contributed by atoms with Gasteiger partial charge >= 0.3 is 0 Å². The fourth-order valence-corrected chi connectivity index (χ4v) is 4.97. The predicted molar refractivity (Wildman–Crippen MR) is 133 cm³/mol. The van der Waals surface area contributed by atoms with Crippen molar-refractivity contribution in [3.05, 3.63) is 82.8 Å². The van der Waals surface area contributed by atoms with Crippen LogP contribution in [0.5, 0.6) is 0 Å². The number of aromatic amines is 1. The zero-order valence-corrected chi connectivity index (χ0v) is 19.9. The van der Waals surface area contributed by atoms with Crippen molar-refractivity contribution >= 4 is 16.8 Å². The fraction of sp³-hybridized carbons (Fsp3) is 0.321. The Morgan fingerprint density at radius 1 is 1.31 bits per heavy atom. The second-order valence-electron chi connectivity index (χ2n) is 9.39. The van der Waals surface area contributed by atoms with Crippen LogP contribution in [-0.4, -0.2) is 44.3 Å². The van der Waals surface area contributed by atoms with Crippen LogP contribution in [0, 0.1) is 18.8 Å². The van der Waals surface area contributed by atoms with Gasteiger partial charge in [-0.3, -0.25) is 4.79 Å². The number of carbonyl (C=O) groups excluding carboxylic acids is 1. The molecule has 3 atom stereocenters. The maximum Gasteiger partial charge on any atom is 0.270 e. The number of hydrogen-bond acceptors (Lipinski definition) is 4. The Kier molecular flexibility index (Phi) is 5.78. The van der Waals surface area contributed by atoms with E-state index in [2.05, 4.69) is 32.1 Å². The van der Waals surface area contributed by atoms with Crippen molar-refractivity contribution in [2.45, 2.75) is 51.0 Å². The van der Waals surface area contributed by atoms with Gasteiger partial charge in [0.2, 0.25) is 0 Å². The Morgan fingerprint density at radius 3 is 3.03 bits per heavy atom. The van der Waals surface area contributed by atoms with Crippen LogP contribution in [0.2, 0.25) is 0 Å². The normalized spacial score (nSPS) is 19.6. The first-order chi connectivity index (χ1) is 17.5. The van der Waals surface area contributed by atoms with E-state index in [0.29, 0.717) is 23.5 Å². The van der Waals surface area contributed by atoms with E-state index >= 15 is 0 Å². The number of nitrogens with one attached hydrogen (secondary N) is 2. The van der Waals surface area contributed by atoms with Crippen molar-refractivity contribution in [2.75, 3.05) is 6.61 Å². The lowest BCUT2D eigenvalue weighted by Gasteiger charge is -2.19. The first-order valence-corrected chi connectivity index (χ1v) is 12.2. The molecule has 0 radical (unpaired) electrons. The van der Waals surface area contributed by atoms with Gasteiger partial charge in [-0.2, -0.15) is 0 Å². The van der Waals surface area contributed by atoms with Crippen molar-refractivity contribution < 1.29 is 13.9 Å². The summed E-state index contributed by atoms with van der Waals surface area (Å²) in [4.78, 5) is 25.9. The van der Waals surface area contributed by atoms with Crippen molar-refractivity contribution in [3.63, 3.8) is 0 Å². The lowest BCUT2D eigenvalue weighted by atomic mass is 10.1. The molecule has 0 spiro atoms. The van der Waals surface area contributed by atoms with Gasteiger partial charge in [0.05, 0.1) is 6.54 Å². The number of nitrogens with zero attached hydrogens (tertiary/aromatic N) is 3. The number of fused-ring (bicyclic) bond motifs is 2. The Bertz CT molecular complexity index is 1470. The lowest BCUT2D eigenvalue weighted by molar-refractivity contribution is 0.0935. The van der Waals surface area contributed by atoms with Crippen LogP contribution in [0.15, 0.2) is 48.7 Å². The lowest BCUT2D eigenvalue weighted by Crippen LogP contribution is -2.32. The van der Waals surface area contributed by atoms with Gasteiger partial charge in [0.25, 0.3) is 5.91 Å². The first-order valence-electron chi connectivity index (χ1n) is 12.2. The number of halogens is 1. The number of alkyl halides is 1. The van der Waals surface area contributed by atoms with E-state index in [4.69, 9.17) is 4.74 Å². The molecule has 3 aromatic heterocycles. The molecule has 36 heavy (non-hydrogen) atoms. The third-order valence-electron chi connectivity index (χ3n) is 6.67. The highest BCUT2D eigenvalue weighted by Gasteiger charge is 2.30. The van der Waals surface area contributed by atoms with Crippen molar-refractivity contribution in [1.29, 1.82) is 0 Å². The predicted octanol–water partition coefficient (Wildman–Crippen LogP) is 4.01. The molecule has 1 fully saturated rings. The zero-order chi connectivity index (χ0) is 24.6. The molecule has 1 unspecified atom stereocenters. The number of imidazole rings is 1. The second kappa shape index (κ2) is 9.25. The first kappa shape index (κ1) is 22.5. The molecule has 6 rings (SSSR count). The average molecular weight is 484 g/mol. The van der Waals surface area contributed by atoms with Crippen molar-refractivity contribution in [3.8, 4) is 11.8 Å². The highest BCUT2D eigenvalue weighted by Crippen LogP contribution is 2.29. The number of amides is 1. The Hall–Kier alpha value is -3.96. The molecule has 1 amide bonds. The maximum atomic E-state index is 14.2. The molecule has 0 saturated carbocycles. The number of aromatic nitrogens is 4. The Morgan fingerprint density at radius 2 is 2.19 bits per heavy atom. The number of para-hydroxylation sites is 1. The summed E-state index contributed by atoms with van der Waals surface area (Å²) in [5, 5.41) is 4.12. The minimum absolute atomic E-state index is 0.0657. The second-order valence-corrected chi connectivity index (χ2v) is 9.39. The van der Waals surface area contributed by atoms with Gasteiger partial charge in [-0.05, 0) is 49.4 Å². The maximum absolute atomic E-state index is 14.2. The van der Waals surface area contributed by atoms with E-state index in [1.165, 1.54) is 0 Å². The molecule has 1 saturated heterocycles. The molecule has 8 heteroatoms. The molecule has 2 aliphatic heterocycles. The van der Waals surface area contributed by atoms with Gasteiger partial charge in [0.1, 0.15) is 29.8 Å². The van der Waals surface area contributed by atoms with E-state index in [1.54, 1.807) is 12.3 Å². The number of H-pyrrole nitrogens is 1. The summed E-state index contributed by atoms with van der Waals surface area (Å²) in [6.07, 6.45) is 2.93. The number of rotatable bonds is 4.